The number of nitrogens with zero attached hydrogens (tertiary/aromatic N) is 1. The Hall–Kier alpha value is -1.14. The number of carbonyl (C=O) groups excluding carboxylic acids is 1. The van der Waals surface area contributed by atoms with Crippen LogP contribution in [-0.2, 0) is 9.05 Å². The second kappa shape index (κ2) is 5.33. The third-order valence-corrected chi connectivity index (χ3v) is 4.81. The number of benzene rings is 1. The van der Waals surface area contributed by atoms with Crippen molar-refractivity contribution in [1.29, 1.82) is 0 Å². The summed E-state index contributed by atoms with van der Waals surface area (Å²) in [5.74, 6) is -1.22. The SMILES string of the molecule is CCN(C(=O)c1cc(S(=O)(=O)Cl)c(C)cc1F)C1CC1. The Labute approximate surface area is 121 Å². The maximum absolute atomic E-state index is 14.0. The fourth-order valence-corrected chi connectivity index (χ4v) is 3.39. The number of amides is 1. The lowest BCUT2D eigenvalue weighted by atomic mass is 10.1. The fraction of sp³-hybridized carbons (Fsp3) is 0.462. The minimum absolute atomic E-state index is 0.129. The second-order valence-corrected chi connectivity index (χ2v) is 7.39. The van der Waals surface area contributed by atoms with Gasteiger partial charge in [0, 0.05) is 23.3 Å². The van der Waals surface area contributed by atoms with Gasteiger partial charge in [-0.15, -0.1) is 0 Å². The normalized spacial score (nSPS) is 15.2. The van der Waals surface area contributed by atoms with Crippen LogP contribution in [-0.4, -0.2) is 31.8 Å². The molecule has 1 aromatic carbocycles. The summed E-state index contributed by atoms with van der Waals surface area (Å²) in [4.78, 5) is 13.6. The van der Waals surface area contributed by atoms with Crippen molar-refractivity contribution >= 4 is 25.6 Å². The average molecular weight is 320 g/mol. The smallest absolute Gasteiger partial charge is 0.261 e. The van der Waals surface area contributed by atoms with Crippen molar-refractivity contribution in [1.82, 2.24) is 4.90 Å². The summed E-state index contributed by atoms with van der Waals surface area (Å²) in [6.45, 7) is 3.70. The van der Waals surface area contributed by atoms with Crippen LogP contribution in [0.2, 0.25) is 0 Å². The van der Waals surface area contributed by atoms with Crippen LogP contribution in [0.25, 0.3) is 0 Å². The summed E-state index contributed by atoms with van der Waals surface area (Å²) in [5.41, 5.74) is -0.0629. The van der Waals surface area contributed by atoms with Crippen molar-refractivity contribution in [3.8, 4) is 0 Å². The first kappa shape index (κ1) is 15.3. The molecule has 0 radical (unpaired) electrons. The molecule has 1 aliphatic carbocycles. The zero-order valence-corrected chi connectivity index (χ0v) is 12.8. The molecule has 0 spiro atoms. The van der Waals surface area contributed by atoms with E-state index in [0.717, 1.165) is 25.0 Å². The standard InChI is InChI=1S/C13H15ClFNO3S/c1-3-16(9-4-5-9)13(17)10-7-12(20(14,18)19)8(2)6-11(10)15/h6-7,9H,3-5H2,1-2H3. The molecule has 2 rings (SSSR count). The number of carbonyl (C=O) groups is 1. The Morgan fingerprint density at radius 1 is 1.45 bits per heavy atom. The number of aryl methyl sites for hydroxylation is 1. The van der Waals surface area contributed by atoms with Gasteiger partial charge in [0.2, 0.25) is 0 Å². The van der Waals surface area contributed by atoms with Crippen molar-refractivity contribution < 1.29 is 17.6 Å². The van der Waals surface area contributed by atoms with Gasteiger partial charge >= 0.3 is 0 Å². The van der Waals surface area contributed by atoms with Crippen molar-refractivity contribution in [2.75, 3.05) is 6.54 Å². The molecule has 0 aromatic heterocycles. The molecular weight excluding hydrogens is 305 g/mol. The number of rotatable bonds is 4. The Morgan fingerprint density at radius 2 is 2.05 bits per heavy atom. The molecule has 0 N–H and O–H groups in total. The van der Waals surface area contributed by atoms with E-state index in [1.807, 2.05) is 6.92 Å². The van der Waals surface area contributed by atoms with Gasteiger partial charge in [-0.25, -0.2) is 12.8 Å². The molecule has 20 heavy (non-hydrogen) atoms. The van der Waals surface area contributed by atoms with Crippen LogP contribution in [0, 0.1) is 12.7 Å². The van der Waals surface area contributed by atoms with Crippen LogP contribution >= 0.6 is 10.7 Å². The second-order valence-electron chi connectivity index (χ2n) is 4.86. The lowest BCUT2D eigenvalue weighted by Gasteiger charge is -2.21. The largest absolute Gasteiger partial charge is 0.336 e. The van der Waals surface area contributed by atoms with E-state index in [1.165, 1.54) is 6.92 Å². The van der Waals surface area contributed by atoms with Crippen molar-refractivity contribution in [2.45, 2.75) is 37.6 Å². The van der Waals surface area contributed by atoms with Crippen LogP contribution in [0.1, 0.15) is 35.7 Å². The zero-order chi connectivity index (χ0) is 15.1. The van der Waals surface area contributed by atoms with Crippen LogP contribution in [0.4, 0.5) is 4.39 Å². The van der Waals surface area contributed by atoms with E-state index in [1.54, 1.807) is 4.90 Å². The highest BCUT2D eigenvalue weighted by Gasteiger charge is 2.33. The zero-order valence-electron chi connectivity index (χ0n) is 11.2. The van der Waals surface area contributed by atoms with E-state index in [0.29, 0.717) is 6.54 Å². The molecule has 1 fully saturated rings. The summed E-state index contributed by atoms with van der Waals surface area (Å²) >= 11 is 0. The number of hydrogen-bond donors (Lipinski definition) is 0. The minimum Gasteiger partial charge on any atom is -0.336 e. The molecule has 1 aromatic rings. The summed E-state index contributed by atoms with van der Waals surface area (Å²) < 4.78 is 36.9. The Morgan fingerprint density at radius 3 is 2.50 bits per heavy atom. The summed E-state index contributed by atoms with van der Waals surface area (Å²) in [5, 5.41) is 0. The number of hydrogen-bond acceptors (Lipinski definition) is 3. The molecule has 110 valence electrons. The van der Waals surface area contributed by atoms with Gasteiger partial charge in [-0.05, 0) is 44.4 Å². The van der Waals surface area contributed by atoms with Crippen molar-refractivity contribution in [3.63, 3.8) is 0 Å². The Balaban J connectivity index is 2.48. The molecule has 7 heteroatoms. The molecule has 0 aliphatic heterocycles. The molecule has 0 atom stereocenters. The van der Waals surface area contributed by atoms with E-state index in [-0.39, 0.29) is 22.1 Å². The van der Waals surface area contributed by atoms with Gasteiger partial charge in [-0.3, -0.25) is 4.79 Å². The molecular formula is C13H15ClFNO3S. The van der Waals surface area contributed by atoms with Gasteiger partial charge in [-0.2, -0.15) is 0 Å². The van der Waals surface area contributed by atoms with E-state index < -0.39 is 20.8 Å². The monoisotopic (exact) mass is 319 g/mol. The van der Waals surface area contributed by atoms with Crippen LogP contribution in [0.5, 0.6) is 0 Å². The first-order chi connectivity index (χ1) is 9.25. The molecule has 1 amide bonds. The van der Waals surface area contributed by atoms with E-state index in [2.05, 4.69) is 0 Å². The van der Waals surface area contributed by atoms with Crippen LogP contribution < -0.4 is 0 Å². The maximum Gasteiger partial charge on any atom is 0.261 e. The van der Waals surface area contributed by atoms with Gasteiger partial charge < -0.3 is 4.90 Å². The maximum atomic E-state index is 14.0. The molecule has 0 bridgehead atoms. The lowest BCUT2D eigenvalue weighted by molar-refractivity contribution is 0.0747. The van der Waals surface area contributed by atoms with E-state index in [9.17, 15) is 17.6 Å². The minimum atomic E-state index is -4.01. The van der Waals surface area contributed by atoms with Crippen molar-refractivity contribution in [2.24, 2.45) is 0 Å². The van der Waals surface area contributed by atoms with Gasteiger partial charge in [0.25, 0.3) is 15.0 Å². The van der Waals surface area contributed by atoms with Gasteiger partial charge in [-0.1, -0.05) is 0 Å². The van der Waals surface area contributed by atoms with Gasteiger partial charge in [0.1, 0.15) is 5.82 Å². The molecule has 1 aliphatic rings. The molecule has 0 saturated heterocycles. The van der Waals surface area contributed by atoms with Crippen molar-refractivity contribution in [3.05, 3.63) is 29.1 Å². The molecule has 4 nitrogen and oxygen atoms in total. The summed E-state index contributed by atoms with van der Waals surface area (Å²) in [6.07, 6.45) is 1.79. The topological polar surface area (TPSA) is 54.5 Å². The molecule has 0 unspecified atom stereocenters. The first-order valence-corrected chi connectivity index (χ1v) is 8.62. The summed E-state index contributed by atoms with van der Waals surface area (Å²) in [6, 6.07) is 2.19. The fourth-order valence-electron chi connectivity index (χ4n) is 2.19. The van der Waals surface area contributed by atoms with E-state index in [4.69, 9.17) is 10.7 Å². The van der Waals surface area contributed by atoms with Gasteiger partial charge in [0.05, 0.1) is 10.5 Å². The molecule has 1 saturated carbocycles. The molecule has 0 heterocycles. The van der Waals surface area contributed by atoms with E-state index >= 15 is 0 Å². The first-order valence-electron chi connectivity index (χ1n) is 6.31. The highest BCUT2D eigenvalue weighted by atomic mass is 35.7. The number of halogens is 2. The quantitative estimate of drug-likeness (QED) is 0.802. The Kier molecular flexibility index (Phi) is 4.07. The van der Waals surface area contributed by atoms with Crippen LogP contribution in [0.3, 0.4) is 0 Å². The van der Waals surface area contributed by atoms with Gasteiger partial charge in [0.15, 0.2) is 0 Å². The Bertz CT molecular complexity index is 656. The predicted molar refractivity (Wildman–Crippen MR) is 73.9 cm³/mol. The highest BCUT2D eigenvalue weighted by Crippen LogP contribution is 2.30. The summed E-state index contributed by atoms with van der Waals surface area (Å²) in [7, 11) is 1.30. The third-order valence-electron chi connectivity index (χ3n) is 3.35. The average Bonchev–Trinajstić information content (AvgIpc) is 3.12. The van der Waals surface area contributed by atoms with Crippen LogP contribution in [0.15, 0.2) is 17.0 Å². The highest BCUT2D eigenvalue weighted by molar-refractivity contribution is 8.13. The third kappa shape index (κ3) is 2.96. The predicted octanol–water partition coefficient (Wildman–Crippen LogP) is 2.69. The lowest BCUT2D eigenvalue weighted by Crippen LogP contribution is -2.33.